The zero-order valence-corrected chi connectivity index (χ0v) is 16.5. The molecule has 7 heteroatoms. The number of ether oxygens (including phenoxy) is 1. The molecule has 0 bridgehead atoms. The van der Waals surface area contributed by atoms with E-state index in [4.69, 9.17) is 16.3 Å². The lowest BCUT2D eigenvalue weighted by molar-refractivity contribution is 0.102. The quantitative estimate of drug-likeness (QED) is 0.812. The third-order valence-corrected chi connectivity index (χ3v) is 5.71. The molecule has 1 aliphatic carbocycles. The summed E-state index contributed by atoms with van der Waals surface area (Å²) in [7, 11) is 0. The van der Waals surface area contributed by atoms with Crippen molar-refractivity contribution in [1.82, 2.24) is 4.98 Å². The number of pyridine rings is 1. The highest BCUT2D eigenvalue weighted by atomic mass is 35.5. The Morgan fingerprint density at radius 3 is 2.96 bits per heavy atom. The maximum atomic E-state index is 12.6. The minimum Gasteiger partial charge on any atom is -0.474 e. The first kappa shape index (κ1) is 18.7. The zero-order valence-electron chi connectivity index (χ0n) is 14.9. The highest BCUT2D eigenvalue weighted by molar-refractivity contribution is 7.16. The van der Waals surface area contributed by atoms with Gasteiger partial charge in [0.05, 0.1) is 17.2 Å². The van der Waals surface area contributed by atoms with Gasteiger partial charge in [0, 0.05) is 11.1 Å². The molecule has 2 aromatic heterocycles. The third kappa shape index (κ3) is 3.84. The summed E-state index contributed by atoms with van der Waals surface area (Å²) in [6.07, 6.45) is 4.29. The van der Waals surface area contributed by atoms with Gasteiger partial charge in [-0.15, -0.1) is 11.3 Å². The van der Waals surface area contributed by atoms with Crippen LogP contribution in [0.2, 0.25) is 5.02 Å². The molecule has 26 heavy (non-hydrogen) atoms. The van der Waals surface area contributed by atoms with E-state index in [1.807, 2.05) is 13.8 Å². The van der Waals surface area contributed by atoms with E-state index in [9.17, 15) is 10.1 Å². The van der Waals surface area contributed by atoms with Gasteiger partial charge in [0.1, 0.15) is 16.1 Å². The van der Waals surface area contributed by atoms with Crippen LogP contribution in [0.25, 0.3) is 0 Å². The monoisotopic (exact) mass is 389 g/mol. The van der Waals surface area contributed by atoms with Crippen LogP contribution in [0.5, 0.6) is 5.88 Å². The van der Waals surface area contributed by atoms with Crippen molar-refractivity contribution in [2.24, 2.45) is 5.92 Å². The Labute approximate surface area is 162 Å². The van der Waals surface area contributed by atoms with Crippen molar-refractivity contribution in [3.05, 3.63) is 38.9 Å². The molecule has 2 heterocycles. The first-order valence-electron chi connectivity index (χ1n) is 8.57. The highest BCUT2D eigenvalue weighted by Crippen LogP contribution is 2.39. The van der Waals surface area contributed by atoms with Crippen LogP contribution in [0.15, 0.2) is 12.3 Å². The normalized spacial score (nSPS) is 16.1. The van der Waals surface area contributed by atoms with Crippen molar-refractivity contribution < 1.29 is 9.53 Å². The van der Waals surface area contributed by atoms with Gasteiger partial charge in [-0.2, -0.15) is 5.26 Å². The molecule has 0 saturated heterocycles. The summed E-state index contributed by atoms with van der Waals surface area (Å²) in [5.74, 6) is 0.572. The lowest BCUT2D eigenvalue weighted by atomic mass is 9.88. The van der Waals surface area contributed by atoms with Crippen molar-refractivity contribution in [3.8, 4) is 11.9 Å². The molecule has 5 nitrogen and oxygen atoms in total. The molecule has 1 amide bonds. The second-order valence-electron chi connectivity index (χ2n) is 6.80. The van der Waals surface area contributed by atoms with Gasteiger partial charge in [-0.1, -0.05) is 18.5 Å². The fraction of sp³-hybridized carbons (Fsp3) is 0.421. The molecule has 1 atom stereocenters. The first-order valence-corrected chi connectivity index (χ1v) is 9.76. The molecule has 0 radical (unpaired) electrons. The molecule has 2 aromatic rings. The fourth-order valence-electron chi connectivity index (χ4n) is 2.99. The van der Waals surface area contributed by atoms with Crippen molar-refractivity contribution in [2.75, 3.05) is 5.32 Å². The molecular weight excluding hydrogens is 370 g/mol. The van der Waals surface area contributed by atoms with Crippen molar-refractivity contribution in [1.29, 1.82) is 5.26 Å². The van der Waals surface area contributed by atoms with Gasteiger partial charge in [0.25, 0.3) is 5.91 Å². The number of carbonyl (C=O) groups is 1. The molecule has 1 N–H and O–H groups in total. The number of halogens is 1. The number of thiophene rings is 1. The Balaban J connectivity index is 1.83. The minimum absolute atomic E-state index is 0.0577. The molecule has 3 rings (SSSR count). The summed E-state index contributed by atoms with van der Waals surface area (Å²) < 4.78 is 5.48. The van der Waals surface area contributed by atoms with Gasteiger partial charge in [0.15, 0.2) is 0 Å². The molecule has 136 valence electrons. The summed E-state index contributed by atoms with van der Waals surface area (Å²) in [6, 6.07) is 3.78. The number of anilines is 1. The van der Waals surface area contributed by atoms with Crippen LogP contribution in [-0.2, 0) is 12.8 Å². The first-order chi connectivity index (χ1) is 12.4. The van der Waals surface area contributed by atoms with Gasteiger partial charge in [-0.3, -0.25) is 4.79 Å². The predicted molar refractivity (Wildman–Crippen MR) is 103 cm³/mol. The van der Waals surface area contributed by atoms with E-state index in [2.05, 4.69) is 23.3 Å². The fourth-order valence-corrected chi connectivity index (χ4v) is 4.56. The number of hydrogen-bond acceptors (Lipinski definition) is 5. The average molecular weight is 390 g/mol. The summed E-state index contributed by atoms with van der Waals surface area (Å²) in [5.41, 5.74) is 2.00. The predicted octanol–water partition coefficient (Wildman–Crippen LogP) is 4.83. The van der Waals surface area contributed by atoms with Crippen molar-refractivity contribution in [3.63, 3.8) is 0 Å². The minimum atomic E-state index is -0.335. The number of nitriles is 1. The van der Waals surface area contributed by atoms with Gasteiger partial charge in [-0.05, 0) is 50.7 Å². The van der Waals surface area contributed by atoms with Crippen LogP contribution in [0, 0.1) is 17.2 Å². The van der Waals surface area contributed by atoms with E-state index in [-0.39, 0.29) is 17.0 Å². The van der Waals surface area contributed by atoms with Crippen LogP contribution in [0.3, 0.4) is 0 Å². The second kappa shape index (κ2) is 7.65. The Kier molecular flexibility index (Phi) is 5.49. The van der Waals surface area contributed by atoms with Crippen LogP contribution >= 0.6 is 22.9 Å². The number of fused-ring (bicyclic) bond motifs is 1. The Bertz CT molecular complexity index is 886. The van der Waals surface area contributed by atoms with Crippen LogP contribution in [0.1, 0.15) is 53.6 Å². The summed E-state index contributed by atoms with van der Waals surface area (Å²) in [6.45, 7) is 5.96. The van der Waals surface area contributed by atoms with Gasteiger partial charge in [0.2, 0.25) is 5.88 Å². The molecule has 0 spiro atoms. The number of rotatable bonds is 4. The van der Waals surface area contributed by atoms with Crippen LogP contribution in [0.4, 0.5) is 5.00 Å². The SMILES string of the molecule is CC1CCc2c(sc(NC(=O)c3cnc(OC(C)C)c(Cl)c3)c2C#N)C1. The lowest BCUT2D eigenvalue weighted by Gasteiger charge is -2.17. The zero-order chi connectivity index (χ0) is 18.8. The number of hydrogen-bond donors (Lipinski definition) is 1. The number of nitrogens with one attached hydrogen (secondary N) is 1. The Morgan fingerprint density at radius 2 is 2.31 bits per heavy atom. The third-order valence-electron chi connectivity index (χ3n) is 4.27. The highest BCUT2D eigenvalue weighted by Gasteiger charge is 2.25. The average Bonchev–Trinajstić information content (AvgIpc) is 2.92. The summed E-state index contributed by atoms with van der Waals surface area (Å²) >= 11 is 7.66. The second-order valence-corrected chi connectivity index (χ2v) is 8.31. The van der Waals surface area contributed by atoms with E-state index < -0.39 is 0 Å². The number of aromatic nitrogens is 1. The van der Waals surface area contributed by atoms with Gasteiger partial charge < -0.3 is 10.1 Å². The molecule has 1 unspecified atom stereocenters. The maximum Gasteiger partial charge on any atom is 0.257 e. The van der Waals surface area contributed by atoms with Gasteiger partial charge in [-0.25, -0.2) is 4.98 Å². The summed E-state index contributed by atoms with van der Waals surface area (Å²) in [5, 5.41) is 13.3. The van der Waals surface area contributed by atoms with E-state index in [1.54, 1.807) is 0 Å². The molecule has 0 aliphatic heterocycles. The van der Waals surface area contributed by atoms with Crippen LogP contribution in [-0.4, -0.2) is 17.0 Å². The molecular formula is C19H20ClN3O2S. The lowest BCUT2D eigenvalue weighted by Crippen LogP contribution is -2.13. The molecule has 1 aliphatic rings. The maximum absolute atomic E-state index is 12.6. The number of amides is 1. The number of nitrogens with zero attached hydrogens (tertiary/aromatic N) is 2. The summed E-state index contributed by atoms with van der Waals surface area (Å²) in [4.78, 5) is 17.9. The molecule has 0 saturated carbocycles. The van der Waals surface area contributed by atoms with Crippen LogP contribution < -0.4 is 10.1 Å². The Hall–Kier alpha value is -2.10. The van der Waals surface area contributed by atoms with Crippen molar-refractivity contribution in [2.45, 2.75) is 46.1 Å². The van der Waals surface area contributed by atoms with E-state index in [0.717, 1.165) is 24.8 Å². The van der Waals surface area contributed by atoms with Gasteiger partial charge >= 0.3 is 0 Å². The van der Waals surface area contributed by atoms with E-state index >= 15 is 0 Å². The smallest absolute Gasteiger partial charge is 0.257 e. The largest absolute Gasteiger partial charge is 0.474 e. The number of carbonyl (C=O) groups excluding carboxylic acids is 1. The molecule has 0 aromatic carbocycles. The standard InChI is InChI=1S/C19H20ClN3O2S/c1-10(2)25-18-15(20)7-12(9-22-18)17(24)23-19-14(8-21)13-5-4-11(3)6-16(13)26-19/h7,9-11H,4-6H2,1-3H3,(H,23,24). The molecule has 0 fully saturated rings. The van der Waals surface area contributed by atoms with E-state index in [1.165, 1.54) is 28.5 Å². The Morgan fingerprint density at radius 1 is 1.54 bits per heavy atom. The van der Waals surface area contributed by atoms with E-state index in [0.29, 0.717) is 27.9 Å². The topological polar surface area (TPSA) is 75.0 Å². The van der Waals surface area contributed by atoms with Crippen molar-refractivity contribution >= 4 is 33.8 Å².